The molecule has 0 bridgehead atoms. The fraction of sp³-hybridized carbons (Fsp3) is 0.538. The molecule has 124 valence electrons. The fourth-order valence-corrected chi connectivity index (χ4v) is 2.11. The first-order valence-corrected chi connectivity index (χ1v) is 8.93. The van der Waals surface area contributed by atoms with Crippen LogP contribution in [-0.2, 0) is 66.0 Å². The van der Waals surface area contributed by atoms with Gasteiger partial charge in [-0.25, -0.2) is 0 Å². The van der Waals surface area contributed by atoms with Crippen LogP contribution in [0.5, 0.6) is 0 Å². The molecule has 9 heteroatoms. The van der Waals surface area contributed by atoms with Gasteiger partial charge in [-0.15, -0.1) is 0 Å². The second-order valence-corrected chi connectivity index (χ2v) is 5.02. The summed E-state index contributed by atoms with van der Waals surface area (Å²) >= 11 is 15.3. The van der Waals surface area contributed by atoms with Crippen LogP contribution in [0.1, 0.15) is 12.5 Å². The Morgan fingerprint density at radius 1 is 1.09 bits per heavy atom. The number of nitro benzene ring substituents is 1. The van der Waals surface area contributed by atoms with Gasteiger partial charge in [-0.05, 0) is 19.6 Å². The zero-order valence-corrected chi connectivity index (χ0v) is 16.6. The molecular weight excluding hydrogens is 427 g/mol. The minimum atomic E-state index is -0.423. The van der Waals surface area contributed by atoms with E-state index in [1.165, 1.54) is 12.1 Å². The third-order valence-corrected chi connectivity index (χ3v) is 3.27. The summed E-state index contributed by atoms with van der Waals surface area (Å²) in [5.74, 6) is 2.14. The molecule has 0 saturated carbocycles. The SMILES string of the molecule is CCN(CC[S-])CC[S-].O=[N+]([O-])c1ccc(C[S-])cc1.[O]=[99Tc+3]. The van der Waals surface area contributed by atoms with Crippen LogP contribution < -0.4 is 0 Å². The molecule has 0 atom stereocenters. The van der Waals surface area contributed by atoms with Crippen molar-refractivity contribution in [3.8, 4) is 0 Å². The number of rotatable bonds is 7. The van der Waals surface area contributed by atoms with E-state index < -0.39 is 4.92 Å². The van der Waals surface area contributed by atoms with Crippen molar-refractivity contribution in [2.75, 3.05) is 31.1 Å². The molecule has 1 aromatic rings. The molecule has 5 nitrogen and oxygen atoms in total. The molecule has 0 radical (unpaired) electrons. The number of non-ortho nitro benzene ring substituents is 1. The van der Waals surface area contributed by atoms with Crippen LogP contribution in [0.4, 0.5) is 5.69 Å². The van der Waals surface area contributed by atoms with E-state index in [4.69, 9.17) is 41.4 Å². The number of benzene rings is 1. The average molecular weight is 446 g/mol. The van der Waals surface area contributed by atoms with Crippen LogP contribution in [0.15, 0.2) is 24.3 Å². The molecule has 0 unspecified atom stereocenters. The van der Waals surface area contributed by atoms with Crippen molar-refractivity contribution >= 4 is 43.6 Å². The molecule has 0 aromatic heterocycles. The van der Waals surface area contributed by atoms with E-state index in [0.717, 1.165) is 55.6 Å². The summed E-state index contributed by atoms with van der Waals surface area (Å²) in [4.78, 5) is 12.0. The maximum absolute atomic E-state index is 10.2. The summed E-state index contributed by atoms with van der Waals surface area (Å²) in [6.07, 6.45) is 0. The maximum atomic E-state index is 10.2. The summed E-state index contributed by atoms with van der Waals surface area (Å²) in [6.45, 7) is 5.24. The van der Waals surface area contributed by atoms with E-state index >= 15 is 0 Å². The molecule has 0 heterocycles. The van der Waals surface area contributed by atoms with Crippen molar-refractivity contribution in [2.24, 2.45) is 0 Å². The van der Waals surface area contributed by atoms with Gasteiger partial charge >= 0.3 is 22.4 Å². The van der Waals surface area contributed by atoms with Crippen LogP contribution in [0.3, 0.4) is 0 Å². The molecule has 1 rings (SSSR count). The molecule has 0 amide bonds. The van der Waals surface area contributed by atoms with Gasteiger partial charge < -0.3 is 42.8 Å². The number of hydrogen-bond acceptors (Lipinski definition) is 7. The van der Waals surface area contributed by atoms with Crippen LogP contribution in [0, 0.1) is 10.1 Å². The zero-order chi connectivity index (χ0) is 17.4. The van der Waals surface area contributed by atoms with Gasteiger partial charge in [0.05, 0.1) is 4.92 Å². The van der Waals surface area contributed by atoms with E-state index in [-0.39, 0.29) is 5.69 Å². The Hall–Kier alpha value is 0.0794. The normalized spacial score (nSPS) is 9.27. The Kier molecular flexibility index (Phi) is 19.3. The zero-order valence-electron chi connectivity index (χ0n) is 12.3. The molecule has 1 aromatic carbocycles. The molecule has 0 spiro atoms. The fourth-order valence-electron chi connectivity index (χ4n) is 1.40. The van der Waals surface area contributed by atoms with Gasteiger partial charge in [-0.1, -0.05) is 24.6 Å². The van der Waals surface area contributed by atoms with Gasteiger partial charge in [0.25, 0.3) is 5.69 Å². The molecule has 0 saturated heterocycles. The van der Waals surface area contributed by atoms with E-state index in [0.29, 0.717) is 5.75 Å². The van der Waals surface area contributed by atoms with Crippen molar-refractivity contribution in [1.29, 1.82) is 0 Å². The third kappa shape index (κ3) is 12.6. The van der Waals surface area contributed by atoms with E-state index in [1.54, 1.807) is 12.1 Å². The van der Waals surface area contributed by atoms with Crippen molar-refractivity contribution in [3.63, 3.8) is 0 Å². The molecule has 0 N–H and O–H groups in total. The summed E-state index contributed by atoms with van der Waals surface area (Å²) in [7, 11) is 0. The monoisotopic (exact) mass is 446 g/mol. The van der Waals surface area contributed by atoms with Gasteiger partial charge in [0.15, 0.2) is 0 Å². The van der Waals surface area contributed by atoms with Gasteiger partial charge in [-0.2, -0.15) is 17.3 Å². The summed E-state index contributed by atoms with van der Waals surface area (Å²) in [5.41, 5.74) is 1.04. The predicted octanol–water partition coefficient (Wildman–Crippen LogP) is 1.92. The average Bonchev–Trinajstić information content (AvgIpc) is 2.57. The van der Waals surface area contributed by atoms with E-state index in [2.05, 4.69) is 11.8 Å². The van der Waals surface area contributed by atoms with Crippen molar-refractivity contribution in [1.82, 2.24) is 4.90 Å². The molecule has 0 aliphatic rings. The van der Waals surface area contributed by atoms with Gasteiger partial charge in [-0.3, -0.25) is 10.1 Å². The molecule has 0 aliphatic heterocycles. The topological polar surface area (TPSA) is 63.4 Å². The van der Waals surface area contributed by atoms with Gasteiger partial charge in [0.2, 0.25) is 0 Å². The molecular formula is C13H19N2O3S3Tc. The minimum absolute atomic E-state index is 0.109. The molecule has 22 heavy (non-hydrogen) atoms. The Bertz CT molecular complexity index is 391. The first-order valence-electron chi connectivity index (χ1n) is 6.44. The van der Waals surface area contributed by atoms with Gasteiger partial charge in [0.1, 0.15) is 0 Å². The van der Waals surface area contributed by atoms with E-state index in [9.17, 15) is 10.1 Å². The van der Waals surface area contributed by atoms with Gasteiger partial charge in [0, 0.05) is 12.1 Å². The Morgan fingerprint density at radius 2 is 1.55 bits per heavy atom. The number of nitro groups is 1. The second-order valence-electron chi connectivity index (χ2n) is 3.91. The van der Waals surface area contributed by atoms with Crippen molar-refractivity contribution in [2.45, 2.75) is 12.7 Å². The predicted molar refractivity (Wildman–Crippen MR) is 91.4 cm³/mol. The Balaban J connectivity index is 0. The number of hydrogen-bond donors (Lipinski definition) is 0. The summed E-state index contributed by atoms with van der Waals surface area (Å²) in [5, 5.41) is 10.2. The molecule has 0 aliphatic carbocycles. The van der Waals surface area contributed by atoms with E-state index in [1.807, 2.05) is 0 Å². The third-order valence-electron chi connectivity index (χ3n) is 2.58. The Morgan fingerprint density at radius 3 is 1.82 bits per heavy atom. The van der Waals surface area contributed by atoms with Crippen LogP contribution >= 0.6 is 0 Å². The molecule has 0 fully saturated rings. The quantitative estimate of drug-likeness (QED) is 0.360. The van der Waals surface area contributed by atoms with Crippen LogP contribution in [0.25, 0.3) is 0 Å². The first kappa shape index (κ1) is 24.3. The standard InChI is InChI=1S/C7H7NO2S.C6H15NS2.O.Tc/c9-8(10)7-3-1-6(5-11)2-4-7;1-2-7(3-5-8)4-6-9;;/h1-4,11H,5H2;8-9H,2-6H2,1H3;;/q;;;+3/p-3/i;;;1+1. The number of nitrogens with zero attached hydrogens (tertiary/aromatic N) is 2. The summed E-state index contributed by atoms with van der Waals surface area (Å²) < 4.78 is 8.22. The Labute approximate surface area is 159 Å². The summed E-state index contributed by atoms with van der Waals surface area (Å²) in [6, 6.07) is 6.26. The first-order chi connectivity index (χ1) is 10.6. The van der Waals surface area contributed by atoms with Crippen molar-refractivity contribution in [3.05, 3.63) is 39.9 Å². The van der Waals surface area contributed by atoms with Crippen molar-refractivity contribution < 1.29 is 27.3 Å². The van der Waals surface area contributed by atoms with Crippen LogP contribution in [0.2, 0.25) is 0 Å². The second kappa shape index (κ2) is 17.4. The van der Waals surface area contributed by atoms with Crippen LogP contribution in [-0.4, -0.2) is 41.0 Å².